The van der Waals surface area contributed by atoms with Crippen molar-refractivity contribution in [1.29, 1.82) is 0 Å². The van der Waals surface area contributed by atoms with Gasteiger partial charge in [-0.2, -0.15) is 0 Å². The fourth-order valence-corrected chi connectivity index (χ4v) is 3.71. The lowest BCUT2D eigenvalue weighted by Gasteiger charge is -2.35. The minimum absolute atomic E-state index is 0.0956. The minimum Gasteiger partial charge on any atom is -0.441 e. The number of urea groups is 1. The standard InChI is InChI=1S/C19H24N4O2/c1-14-17(21-18(25-14)15-5-3-2-4-6-15)13-22-10-7-16(8-11-22)23-12-9-20-19(23)24/h2-6,16H,7-13H2,1H3,(H,20,24). The van der Waals surface area contributed by atoms with E-state index in [4.69, 9.17) is 9.40 Å². The Bertz CT molecular complexity index is 735. The van der Waals surface area contributed by atoms with Crippen LogP contribution in [0, 0.1) is 6.92 Å². The van der Waals surface area contributed by atoms with E-state index < -0.39 is 0 Å². The van der Waals surface area contributed by atoms with Gasteiger partial charge in [-0.25, -0.2) is 9.78 Å². The SMILES string of the molecule is Cc1oc(-c2ccccc2)nc1CN1CCC(N2CCNC2=O)CC1. The van der Waals surface area contributed by atoms with E-state index in [2.05, 4.69) is 10.2 Å². The number of carbonyl (C=O) groups is 1. The Hall–Kier alpha value is -2.34. The van der Waals surface area contributed by atoms with E-state index in [1.165, 1.54) is 0 Å². The number of nitrogens with one attached hydrogen (secondary N) is 1. The Labute approximate surface area is 147 Å². The number of likely N-dealkylation sites (tertiary alicyclic amines) is 1. The lowest BCUT2D eigenvalue weighted by Crippen LogP contribution is -2.45. The lowest BCUT2D eigenvalue weighted by atomic mass is 10.0. The Morgan fingerprint density at radius 1 is 1.20 bits per heavy atom. The van der Waals surface area contributed by atoms with Gasteiger partial charge in [0.15, 0.2) is 0 Å². The summed E-state index contributed by atoms with van der Waals surface area (Å²) < 4.78 is 5.86. The molecule has 0 bridgehead atoms. The van der Waals surface area contributed by atoms with Gasteiger partial charge in [0, 0.05) is 44.3 Å². The summed E-state index contributed by atoms with van der Waals surface area (Å²) in [4.78, 5) is 20.9. The van der Waals surface area contributed by atoms with E-state index in [1.807, 2.05) is 42.2 Å². The maximum Gasteiger partial charge on any atom is 0.317 e. The number of rotatable bonds is 4. The van der Waals surface area contributed by atoms with Gasteiger partial charge in [0.1, 0.15) is 5.76 Å². The average molecular weight is 340 g/mol. The second-order valence-electron chi connectivity index (χ2n) is 6.82. The summed E-state index contributed by atoms with van der Waals surface area (Å²) in [5, 5.41) is 2.89. The van der Waals surface area contributed by atoms with Crippen LogP contribution in [0.1, 0.15) is 24.3 Å². The number of carbonyl (C=O) groups excluding carboxylic acids is 1. The molecule has 0 atom stereocenters. The van der Waals surface area contributed by atoms with E-state index >= 15 is 0 Å². The molecule has 2 fully saturated rings. The molecule has 1 aromatic heterocycles. The molecule has 132 valence electrons. The van der Waals surface area contributed by atoms with Crippen molar-refractivity contribution < 1.29 is 9.21 Å². The summed E-state index contributed by atoms with van der Waals surface area (Å²) in [7, 11) is 0. The highest BCUT2D eigenvalue weighted by Crippen LogP contribution is 2.24. The molecule has 0 aliphatic carbocycles. The molecule has 25 heavy (non-hydrogen) atoms. The van der Waals surface area contributed by atoms with Crippen molar-refractivity contribution in [2.75, 3.05) is 26.2 Å². The smallest absolute Gasteiger partial charge is 0.317 e. The Balaban J connectivity index is 1.37. The van der Waals surface area contributed by atoms with Gasteiger partial charge in [0.05, 0.1) is 5.69 Å². The van der Waals surface area contributed by atoms with Crippen molar-refractivity contribution in [3.05, 3.63) is 41.8 Å². The van der Waals surface area contributed by atoms with Crippen LogP contribution in [0.25, 0.3) is 11.5 Å². The molecule has 2 saturated heterocycles. The highest BCUT2D eigenvalue weighted by molar-refractivity contribution is 5.76. The first-order valence-corrected chi connectivity index (χ1v) is 8.99. The average Bonchev–Trinajstić information content (AvgIpc) is 3.23. The molecule has 6 heteroatoms. The fraction of sp³-hybridized carbons (Fsp3) is 0.474. The number of piperidine rings is 1. The molecule has 2 aliphatic heterocycles. The third-order valence-corrected chi connectivity index (χ3v) is 5.17. The fourth-order valence-electron chi connectivity index (χ4n) is 3.71. The van der Waals surface area contributed by atoms with Crippen LogP contribution in [0.4, 0.5) is 4.79 Å². The van der Waals surface area contributed by atoms with Crippen LogP contribution in [-0.2, 0) is 6.54 Å². The molecule has 0 unspecified atom stereocenters. The quantitative estimate of drug-likeness (QED) is 0.929. The normalized spacial score (nSPS) is 19.4. The van der Waals surface area contributed by atoms with Gasteiger partial charge < -0.3 is 14.6 Å². The van der Waals surface area contributed by atoms with E-state index in [0.29, 0.717) is 11.9 Å². The molecule has 1 N–H and O–H groups in total. The van der Waals surface area contributed by atoms with E-state index in [0.717, 1.165) is 62.6 Å². The van der Waals surface area contributed by atoms with Crippen molar-refractivity contribution in [3.63, 3.8) is 0 Å². The van der Waals surface area contributed by atoms with Crippen molar-refractivity contribution in [2.24, 2.45) is 0 Å². The number of hydrogen-bond acceptors (Lipinski definition) is 4. The van der Waals surface area contributed by atoms with Crippen molar-refractivity contribution >= 4 is 6.03 Å². The number of nitrogens with zero attached hydrogens (tertiary/aromatic N) is 3. The van der Waals surface area contributed by atoms with Gasteiger partial charge in [-0.15, -0.1) is 0 Å². The maximum absolute atomic E-state index is 11.8. The van der Waals surface area contributed by atoms with Crippen molar-refractivity contribution in [2.45, 2.75) is 32.4 Å². The number of benzene rings is 1. The number of oxazole rings is 1. The summed E-state index contributed by atoms with van der Waals surface area (Å²) in [6, 6.07) is 10.5. The Morgan fingerprint density at radius 3 is 2.64 bits per heavy atom. The molecule has 2 aromatic rings. The minimum atomic E-state index is 0.0956. The van der Waals surface area contributed by atoms with Gasteiger partial charge in [-0.05, 0) is 31.9 Å². The van der Waals surface area contributed by atoms with Crippen LogP contribution < -0.4 is 5.32 Å². The zero-order chi connectivity index (χ0) is 17.2. The predicted octanol–water partition coefficient (Wildman–Crippen LogP) is 2.64. The van der Waals surface area contributed by atoms with Crippen LogP contribution in [-0.4, -0.2) is 53.0 Å². The maximum atomic E-state index is 11.8. The summed E-state index contributed by atoms with van der Waals surface area (Å²) in [6.45, 7) is 6.38. The van der Waals surface area contributed by atoms with E-state index in [-0.39, 0.29) is 6.03 Å². The van der Waals surface area contributed by atoms with Crippen molar-refractivity contribution in [3.8, 4) is 11.5 Å². The first-order valence-electron chi connectivity index (χ1n) is 8.99. The topological polar surface area (TPSA) is 61.6 Å². The molecule has 0 spiro atoms. The Kier molecular flexibility index (Phi) is 4.44. The molecule has 0 saturated carbocycles. The number of amides is 2. The van der Waals surface area contributed by atoms with Gasteiger partial charge in [-0.1, -0.05) is 18.2 Å². The van der Waals surface area contributed by atoms with Crippen LogP contribution in [0.2, 0.25) is 0 Å². The highest BCUT2D eigenvalue weighted by atomic mass is 16.4. The first-order chi connectivity index (χ1) is 12.2. The second-order valence-corrected chi connectivity index (χ2v) is 6.82. The summed E-state index contributed by atoms with van der Waals surface area (Å²) in [5.74, 6) is 1.58. The van der Waals surface area contributed by atoms with Gasteiger partial charge in [-0.3, -0.25) is 4.90 Å². The second kappa shape index (κ2) is 6.88. The molecule has 6 nitrogen and oxygen atoms in total. The molecule has 2 aliphatic rings. The number of hydrogen-bond donors (Lipinski definition) is 1. The zero-order valence-electron chi connectivity index (χ0n) is 14.6. The Morgan fingerprint density at radius 2 is 1.96 bits per heavy atom. The lowest BCUT2D eigenvalue weighted by molar-refractivity contribution is 0.131. The zero-order valence-corrected chi connectivity index (χ0v) is 14.6. The third kappa shape index (κ3) is 3.39. The van der Waals surface area contributed by atoms with Crippen LogP contribution in [0.3, 0.4) is 0 Å². The summed E-state index contributed by atoms with van der Waals surface area (Å²) in [6.07, 6.45) is 2.05. The van der Waals surface area contributed by atoms with Gasteiger partial charge in [0.25, 0.3) is 0 Å². The molecule has 0 radical (unpaired) electrons. The highest BCUT2D eigenvalue weighted by Gasteiger charge is 2.31. The molecule has 3 heterocycles. The largest absolute Gasteiger partial charge is 0.441 e. The van der Waals surface area contributed by atoms with Crippen molar-refractivity contribution in [1.82, 2.24) is 20.1 Å². The molecule has 1 aromatic carbocycles. The number of aryl methyl sites for hydroxylation is 1. The van der Waals surface area contributed by atoms with E-state index in [1.54, 1.807) is 0 Å². The molecular weight excluding hydrogens is 316 g/mol. The van der Waals surface area contributed by atoms with Crippen LogP contribution >= 0.6 is 0 Å². The monoisotopic (exact) mass is 340 g/mol. The van der Waals surface area contributed by atoms with Gasteiger partial charge in [0.2, 0.25) is 5.89 Å². The van der Waals surface area contributed by atoms with Gasteiger partial charge >= 0.3 is 6.03 Å². The molecule has 2 amide bonds. The van der Waals surface area contributed by atoms with E-state index in [9.17, 15) is 4.79 Å². The number of aromatic nitrogens is 1. The summed E-state index contributed by atoms with van der Waals surface area (Å²) in [5.41, 5.74) is 2.02. The third-order valence-electron chi connectivity index (χ3n) is 5.17. The first kappa shape index (κ1) is 16.1. The molecular formula is C19H24N4O2. The van der Waals surface area contributed by atoms with Crippen LogP contribution in [0.15, 0.2) is 34.7 Å². The molecule has 4 rings (SSSR count). The summed E-state index contributed by atoms with van der Waals surface area (Å²) >= 11 is 0. The van der Waals surface area contributed by atoms with Crippen LogP contribution in [0.5, 0.6) is 0 Å². The predicted molar refractivity (Wildman–Crippen MR) is 95.1 cm³/mol.